The van der Waals surface area contributed by atoms with Crippen LogP contribution in [-0.4, -0.2) is 56.0 Å². The van der Waals surface area contributed by atoms with Gasteiger partial charge >= 0.3 is 0 Å². The summed E-state index contributed by atoms with van der Waals surface area (Å²) < 4.78 is 10.9. The second-order valence-corrected chi connectivity index (χ2v) is 7.64. The second-order valence-electron chi connectivity index (χ2n) is 7.64. The summed E-state index contributed by atoms with van der Waals surface area (Å²) in [6.07, 6.45) is 3.14. The number of aliphatic hydroxyl groups is 1. The minimum atomic E-state index is -0.612. The van der Waals surface area contributed by atoms with Crippen molar-refractivity contribution < 1.29 is 14.6 Å². The van der Waals surface area contributed by atoms with E-state index in [1.807, 2.05) is 12.1 Å². The molecule has 2 aromatic rings. The number of aliphatic hydroxyl groups excluding tert-OH is 1. The average molecular weight is 410 g/mol. The van der Waals surface area contributed by atoms with Gasteiger partial charge in [0.25, 0.3) is 0 Å². The SMILES string of the molecule is COc1ccc([C@H](CNC[C@@H](O)COc2ccc(C#N)cc2)N2CCCCC2)cc1. The molecule has 3 rings (SSSR count). The molecule has 2 atom stereocenters. The highest BCUT2D eigenvalue weighted by atomic mass is 16.5. The van der Waals surface area contributed by atoms with Crippen LogP contribution in [0.15, 0.2) is 48.5 Å². The lowest BCUT2D eigenvalue weighted by Crippen LogP contribution is -2.41. The molecule has 0 aromatic heterocycles. The number of hydrogen-bond donors (Lipinski definition) is 2. The Balaban J connectivity index is 1.50. The monoisotopic (exact) mass is 409 g/mol. The van der Waals surface area contributed by atoms with Gasteiger partial charge in [-0.3, -0.25) is 4.90 Å². The number of rotatable bonds is 10. The van der Waals surface area contributed by atoms with Gasteiger partial charge < -0.3 is 19.9 Å². The fourth-order valence-corrected chi connectivity index (χ4v) is 3.78. The van der Waals surface area contributed by atoms with Gasteiger partial charge in [0.15, 0.2) is 0 Å². The van der Waals surface area contributed by atoms with Crippen LogP contribution in [0.5, 0.6) is 11.5 Å². The van der Waals surface area contributed by atoms with Crippen molar-refractivity contribution in [2.45, 2.75) is 31.4 Å². The van der Waals surface area contributed by atoms with Crippen LogP contribution in [0.4, 0.5) is 0 Å². The van der Waals surface area contributed by atoms with Crippen LogP contribution in [0.25, 0.3) is 0 Å². The molecule has 1 fully saturated rings. The molecule has 0 bridgehead atoms. The Morgan fingerprint density at radius 1 is 1.00 bits per heavy atom. The third-order valence-electron chi connectivity index (χ3n) is 5.48. The Bertz CT molecular complexity index is 796. The average Bonchev–Trinajstić information content (AvgIpc) is 2.81. The lowest BCUT2D eigenvalue weighted by atomic mass is 10.0. The van der Waals surface area contributed by atoms with Crippen molar-refractivity contribution in [3.63, 3.8) is 0 Å². The summed E-state index contributed by atoms with van der Waals surface area (Å²) in [7, 11) is 1.68. The van der Waals surface area contributed by atoms with Crippen molar-refractivity contribution in [3.05, 3.63) is 59.7 Å². The summed E-state index contributed by atoms with van der Waals surface area (Å²) >= 11 is 0. The minimum absolute atomic E-state index is 0.204. The summed E-state index contributed by atoms with van der Waals surface area (Å²) in [4.78, 5) is 2.53. The number of methoxy groups -OCH3 is 1. The second kappa shape index (κ2) is 11.6. The highest BCUT2D eigenvalue weighted by Crippen LogP contribution is 2.25. The maximum atomic E-state index is 10.3. The predicted octanol–water partition coefficient (Wildman–Crippen LogP) is 3.12. The fraction of sp³-hybridized carbons (Fsp3) is 0.458. The highest BCUT2D eigenvalue weighted by molar-refractivity contribution is 5.34. The third kappa shape index (κ3) is 6.46. The molecule has 6 heteroatoms. The number of nitrogens with zero attached hydrogens (tertiary/aromatic N) is 2. The molecule has 0 saturated carbocycles. The van der Waals surface area contributed by atoms with E-state index in [1.165, 1.54) is 24.8 Å². The Labute approximate surface area is 179 Å². The molecule has 0 amide bonds. The number of hydrogen-bond acceptors (Lipinski definition) is 6. The zero-order valence-corrected chi connectivity index (χ0v) is 17.6. The molecular formula is C24H31N3O3. The molecule has 0 aliphatic carbocycles. The maximum absolute atomic E-state index is 10.3. The Kier molecular flexibility index (Phi) is 8.52. The molecule has 2 N–H and O–H groups in total. The normalized spacial score (nSPS) is 16.4. The van der Waals surface area contributed by atoms with Gasteiger partial charge in [-0.1, -0.05) is 18.6 Å². The van der Waals surface area contributed by atoms with Crippen molar-refractivity contribution >= 4 is 0 Å². The lowest BCUT2D eigenvalue weighted by Gasteiger charge is -2.35. The van der Waals surface area contributed by atoms with Crippen molar-refractivity contribution in [2.24, 2.45) is 0 Å². The Hall–Kier alpha value is -2.59. The van der Waals surface area contributed by atoms with E-state index in [9.17, 15) is 5.11 Å². The number of ether oxygens (including phenoxy) is 2. The number of nitriles is 1. The van der Waals surface area contributed by atoms with Crippen LogP contribution in [0.2, 0.25) is 0 Å². The molecule has 1 aliphatic heterocycles. The summed E-state index contributed by atoms with van der Waals surface area (Å²) in [5.74, 6) is 1.51. The number of nitrogens with one attached hydrogen (secondary N) is 1. The van der Waals surface area contributed by atoms with Crippen molar-refractivity contribution in [1.82, 2.24) is 10.2 Å². The van der Waals surface area contributed by atoms with Crippen LogP contribution in [0.1, 0.15) is 36.4 Å². The van der Waals surface area contributed by atoms with E-state index in [1.54, 1.807) is 31.4 Å². The van der Waals surface area contributed by atoms with E-state index < -0.39 is 6.10 Å². The predicted molar refractivity (Wildman–Crippen MR) is 117 cm³/mol. The minimum Gasteiger partial charge on any atom is -0.497 e. The summed E-state index contributed by atoms with van der Waals surface area (Å²) in [6.45, 7) is 3.62. The molecular weight excluding hydrogens is 378 g/mol. The van der Waals surface area contributed by atoms with Gasteiger partial charge in [0.05, 0.1) is 18.7 Å². The molecule has 0 radical (unpaired) electrons. The van der Waals surface area contributed by atoms with E-state index in [-0.39, 0.29) is 12.6 Å². The zero-order chi connectivity index (χ0) is 21.2. The third-order valence-corrected chi connectivity index (χ3v) is 5.48. The zero-order valence-electron chi connectivity index (χ0n) is 17.6. The quantitative estimate of drug-likeness (QED) is 0.628. The molecule has 1 heterocycles. The molecule has 160 valence electrons. The number of benzene rings is 2. The van der Waals surface area contributed by atoms with Gasteiger partial charge in [-0.25, -0.2) is 0 Å². The number of piperidine rings is 1. The Morgan fingerprint density at radius 2 is 1.67 bits per heavy atom. The van der Waals surface area contributed by atoms with E-state index >= 15 is 0 Å². The van der Waals surface area contributed by atoms with E-state index in [0.29, 0.717) is 17.9 Å². The molecule has 30 heavy (non-hydrogen) atoms. The largest absolute Gasteiger partial charge is 0.497 e. The standard InChI is InChI=1S/C24H31N3O3/c1-29-22-11-7-20(8-12-22)24(27-13-3-2-4-14-27)17-26-16-21(28)18-30-23-9-5-19(15-25)6-10-23/h5-12,21,24,26,28H,2-4,13-14,16-18H2,1H3/t21-,24+/m1/s1. The molecule has 1 aliphatic rings. The summed E-state index contributed by atoms with van der Waals surface area (Å²) in [6, 6.07) is 17.5. The van der Waals surface area contributed by atoms with Gasteiger partial charge in [-0.05, 0) is 67.9 Å². The molecule has 0 unspecified atom stereocenters. The first kappa shape index (κ1) is 22.1. The first-order valence-corrected chi connectivity index (χ1v) is 10.6. The van der Waals surface area contributed by atoms with Crippen LogP contribution in [0.3, 0.4) is 0 Å². The summed E-state index contributed by atoms with van der Waals surface area (Å²) in [5, 5.41) is 22.6. The van der Waals surface area contributed by atoms with Crippen LogP contribution >= 0.6 is 0 Å². The van der Waals surface area contributed by atoms with Crippen LogP contribution in [0, 0.1) is 11.3 Å². The highest BCUT2D eigenvalue weighted by Gasteiger charge is 2.22. The molecule has 2 aromatic carbocycles. The molecule has 1 saturated heterocycles. The van der Waals surface area contributed by atoms with Gasteiger partial charge in [-0.2, -0.15) is 5.26 Å². The first-order valence-electron chi connectivity index (χ1n) is 10.6. The van der Waals surface area contributed by atoms with Crippen LogP contribution in [-0.2, 0) is 0 Å². The summed E-state index contributed by atoms with van der Waals surface area (Å²) in [5.41, 5.74) is 1.85. The fourth-order valence-electron chi connectivity index (χ4n) is 3.78. The first-order chi connectivity index (χ1) is 14.7. The van der Waals surface area contributed by atoms with Crippen LogP contribution < -0.4 is 14.8 Å². The van der Waals surface area contributed by atoms with Crippen molar-refractivity contribution in [3.8, 4) is 17.6 Å². The van der Waals surface area contributed by atoms with Gasteiger partial charge in [0, 0.05) is 19.1 Å². The van der Waals surface area contributed by atoms with Crippen molar-refractivity contribution in [1.29, 1.82) is 5.26 Å². The molecule has 0 spiro atoms. The lowest BCUT2D eigenvalue weighted by molar-refractivity contribution is 0.101. The van der Waals surface area contributed by atoms with E-state index in [2.05, 4.69) is 28.4 Å². The van der Waals surface area contributed by atoms with Crippen molar-refractivity contribution in [2.75, 3.05) is 39.9 Å². The van der Waals surface area contributed by atoms with Gasteiger partial charge in [-0.15, -0.1) is 0 Å². The smallest absolute Gasteiger partial charge is 0.119 e. The topological polar surface area (TPSA) is 77.7 Å². The van der Waals surface area contributed by atoms with Gasteiger partial charge in [0.2, 0.25) is 0 Å². The number of likely N-dealkylation sites (tertiary alicyclic amines) is 1. The van der Waals surface area contributed by atoms with E-state index in [0.717, 1.165) is 25.4 Å². The van der Waals surface area contributed by atoms with E-state index in [4.69, 9.17) is 14.7 Å². The Morgan fingerprint density at radius 3 is 2.30 bits per heavy atom. The molecule has 6 nitrogen and oxygen atoms in total. The van der Waals surface area contributed by atoms with Gasteiger partial charge in [0.1, 0.15) is 24.2 Å². The maximum Gasteiger partial charge on any atom is 0.119 e.